The number of ether oxygens (including phenoxy) is 1. The van der Waals surface area contributed by atoms with Crippen LogP contribution in [0.4, 0.5) is 0 Å². The molecule has 1 heterocycles. The molecule has 1 fully saturated rings. The van der Waals surface area contributed by atoms with E-state index in [4.69, 9.17) is 9.84 Å². The van der Waals surface area contributed by atoms with E-state index in [-0.39, 0.29) is 5.91 Å². The zero-order chi connectivity index (χ0) is 16.7. The van der Waals surface area contributed by atoms with Crippen molar-refractivity contribution in [2.24, 2.45) is 5.92 Å². The molecule has 1 amide bonds. The van der Waals surface area contributed by atoms with Gasteiger partial charge in [0.2, 0.25) is 5.91 Å². The standard InChI is InChI=1S/C15H29NO6/c1-3-4-5-6-7-16-15(21)9(2)14-13(20)12(19)11(18)10(8-17)22-14/h9-14,17-20H,3-8H2,1-2H3,(H,16,21)/t9?,10-,11-,12+,13-,14?/m1/s1. The Bertz CT molecular complexity index is 338. The van der Waals surface area contributed by atoms with E-state index in [2.05, 4.69) is 12.2 Å². The number of carbonyl (C=O) groups excluding carboxylic acids is 1. The molecule has 22 heavy (non-hydrogen) atoms. The Hall–Kier alpha value is -0.730. The molecule has 6 atom stereocenters. The van der Waals surface area contributed by atoms with Crippen molar-refractivity contribution in [1.29, 1.82) is 0 Å². The lowest BCUT2D eigenvalue weighted by molar-refractivity contribution is -0.238. The maximum absolute atomic E-state index is 12.1. The Morgan fingerprint density at radius 2 is 1.82 bits per heavy atom. The molecular formula is C15H29NO6. The smallest absolute Gasteiger partial charge is 0.225 e. The summed E-state index contributed by atoms with van der Waals surface area (Å²) >= 11 is 0. The SMILES string of the molecule is CCCCCCNC(=O)C(C)C1O[C@H](CO)[C@@H](O)[C@H](O)[C@H]1O. The molecule has 1 aliphatic heterocycles. The Labute approximate surface area is 131 Å². The Morgan fingerprint density at radius 1 is 1.14 bits per heavy atom. The molecule has 130 valence electrons. The lowest BCUT2D eigenvalue weighted by Crippen LogP contribution is -2.61. The Kier molecular flexibility index (Phi) is 8.27. The minimum Gasteiger partial charge on any atom is -0.394 e. The summed E-state index contributed by atoms with van der Waals surface area (Å²) in [5.74, 6) is -0.974. The van der Waals surface area contributed by atoms with Gasteiger partial charge in [-0.2, -0.15) is 0 Å². The predicted octanol–water partition coefficient (Wildman–Crippen LogP) is -0.839. The topological polar surface area (TPSA) is 119 Å². The van der Waals surface area contributed by atoms with Gasteiger partial charge >= 0.3 is 0 Å². The van der Waals surface area contributed by atoms with Crippen LogP contribution in [0, 0.1) is 5.92 Å². The van der Waals surface area contributed by atoms with E-state index in [0.29, 0.717) is 6.54 Å². The zero-order valence-corrected chi connectivity index (χ0v) is 13.3. The van der Waals surface area contributed by atoms with Crippen LogP contribution < -0.4 is 5.32 Å². The van der Waals surface area contributed by atoms with Crippen molar-refractivity contribution in [2.45, 2.75) is 70.1 Å². The molecule has 5 N–H and O–H groups in total. The van der Waals surface area contributed by atoms with Gasteiger partial charge in [0.25, 0.3) is 0 Å². The van der Waals surface area contributed by atoms with E-state index >= 15 is 0 Å². The van der Waals surface area contributed by atoms with Gasteiger partial charge in [-0.3, -0.25) is 4.79 Å². The molecule has 0 radical (unpaired) electrons. The molecule has 0 saturated carbocycles. The number of aliphatic hydroxyl groups is 4. The van der Waals surface area contributed by atoms with Crippen LogP contribution in [0.2, 0.25) is 0 Å². The van der Waals surface area contributed by atoms with E-state index in [1.54, 1.807) is 6.92 Å². The molecule has 2 unspecified atom stereocenters. The van der Waals surface area contributed by atoms with Gasteiger partial charge in [-0.05, 0) is 6.42 Å². The van der Waals surface area contributed by atoms with E-state index in [1.165, 1.54) is 0 Å². The average Bonchev–Trinajstić information content (AvgIpc) is 2.52. The highest BCUT2D eigenvalue weighted by atomic mass is 16.5. The number of rotatable bonds is 8. The van der Waals surface area contributed by atoms with Gasteiger partial charge in [-0.25, -0.2) is 0 Å². The number of amides is 1. The lowest BCUT2D eigenvalue weighted by Gasteiger charge is -2.41. The van der Waals surface area contributed by atoms with Gasteiger partial charge < -0.3 is 30.5 Å². The van der Waals surface area contributed by atoms with Crippen LogP contribution in [0.25, 0.3) is 0 Å². The summed E-state index contributed by atoms with van der Waals surface area (Å²) in [6, 6.07) is 0. The molecule has 7 nitrogen and oxygen atoms in total. The van der Waals surface area contributed by atoms with Crippen molar-refractivity contribution in [3.63, 3.8) is 0 Å². The van der Waals surface area contributed by atoms with Gasteiger partial charge in [-0.15, -0.1) is 0 Å². The van der Waals surface area contributed by atoms with Crippen molar-refractivity contribution >= 4 is 5.91 Å². The third-order valence-electron chi connectivity index (χ3n) is 4.17. The number of unbranched alkanes of at least 4 members (excludes halogenated alkanes) is 3. The van der Waals surface area contributed by atoms with Crippen LogP contribution >= 0.6 is 0 Å². The largest absolute Gasteiger partial charge is 0.394 e. The third kappa shape index (κ3) is 4.89. The van der Waals surface area contributed by atoms with Crippen molar-refractivity contribution in [3.8, 4) is 0 Å². The number of aliphatic hydroxyl groups excluding tert-OH is 4. The van der Waals surface area contributed by atoms with Crippen molar-refractivity contribution in [1.82, 2.24) is 5.32 Å². The molecule has 0 aromatic rings. The first-order valence-electron chi connectivity index (χ1n) is 8.02. The summed E-state index contributed by atoms with van der Waals surface area (Å²) in [5.41, 5.74) is 0. The van der Waals surface area contributed by atoms with Crippen molar-refractivity contribution in [2.75, 3.05) is 13.2 Å². The van der Waals surface area contributed by atoms with Gasteiger partial charge in [0.1, 0.15) is 24.4 Å². The summed E-state index contributed by atoms with van der Waals surface area (Å²) in [7, 11) is 0. The second kappa shape index (κ2) is 9.42. The molecule has 0 aromatic heterocycles. The minimum absolute atomic E-state index is 0.277. The Morgan fingerprint density at radius 3 is 2.41 bits per heavy atom. The van der Waals surface area contributed by atoms with Gasteiger partial charge in [-0.1, -0.05) is 33.1 Å². The highest BCUT2D eigenvalue weighted by Gasteiger charge is 2.46. The average molecular weight is 319 g/mol. The van der Waals surface area contributed by atoms with Crippen molar-refractivity contribution < 1.29 is 30.0 Å². The summed E-state index contributed by atoms with van der Waals surface area (Å²) in [6.07, 6.45) is -2.00. The minimum atomic E-state index is -1.45. The second-order valence-corrected chi connectivity index (χ2v) is 5.93. The number of hydrogen-bond acceptors (Lipinski definition) is 6. The predicted molar refractivity (Wildman–Crippen MR) is 80.1 cm³/mol. The van der Waals surface area contributed by atoms with Crippen LogP contribution in [0.5, 0.6) is 0 Å². The quantitative estimate of drug-likeness (QED) is 0.372. The van der Waals surface area contributed by atoms with Gasteiger partial charge in [0.05, 0.1) is 18.6 Å². The fourth-order valence-corrected chi connectivity index (χ4v) is 2.62. The van der Waals surface area contributed by atoms with Crippen LogP contribution in [-0.4, -0.2) is 70.0 Å². The molecule has 0 bridgehead atoms. The third-order valence-corrected chi connectivity index (χ3v) is 4.17. The maximum atomic E-state index is 12.1. The summed E-state index contributed by atoms with van der Waals surface area (Å²) < 4.78 is 5.39. The first-order valence-corrected chi connectivity index (χ1v) is 8.02. The van der Waals surface area contributed by atoms with Crippen LogP contribution in [0.3, 0.4) is 0 Å². The highest BCUT2D eigenvalue weighted by molar-refractivity contribution is 5.79. The fourth-order valence-electron chi connectivity index (χ4n) is 2.62. The van der Waals surface area contributed by atoms with Gasteiger partial charge in [0.15, 0.2) is 0 Å². The zero-order valence-electron chi connectivity index (χ0n) is 13.3. The highest BCUT2D eigenvalue weighted by Crippen LogP contribution is 2.26. The normalized spacial score (nSPS) is 33.5. The van der Waals surface area contributed by atoms with Crippen LogP contribution in [-0.2, 0) is 9.53 Å². The molecule has 7 heteroatoms. The van der Waals surface area contributed by atoms with Crippen LogP contribution in [0.1, 0.15) is 39.5 Å². The molecule has 1 aliphatic rings. The maximum Gasteiger partial charge on any atom is 0.225 e. The first kappa shape index (κ1) is 19.3. The van der Waals surface area contributed by atoms with E-state index in [9.17, 15) is 20.1 Å². The summed E-state index contributed by atoms with van der Waals surface area (Å²) in [5, 5.41) is 41.4. The fraction of sp³-hybridized carbons (Fsp3) is 0.933. The van der Waals surface area contributed by atoms with Gasteiger partial charge in [0, 0.05) is 6.54 Å². The number of hydrogen-bond donors (Lipinski definition) is 5. The number of carbonyl (C=O) groups is 1. The summed E-state index contributed by atoms with van der Waals surface area (Å²) in [4.78, 5) is 12.1. The molecular weight excluding hydrogens is 290 g/mol. The molecule has 0 aliphatic carbocycles. The van der Waals surface area contributed by atoms with E-state index in [1.807, 2.05) is 0 Å². The van der Waals surface area contributed by atoms with E-state index < -0.39 is 43.0 Å². The second-order valence-electron chi connectivity index (χ2n) is 5.93. The monoisotopic (exact) mass is 319 g/mol. The van der Waals surface area contributed by atoms with E-state index in [0.717, 1.165) is 25.7 Å². The molecule has 1 rings (SSSR count). The molecule has 0 aromatic carbocycles. The Balaban J connectivity index is 2.51. The van der Waals surface area contributed by atoms with Crippen molar-refractivity contribution in [3.05, 3.63) is 0 Å². The summed E-state index contributed by atoms with van der Waals surface area (Å²) in [6.45, 7) is 3.77. The van der Waals surface area contributed by atoms with Crippen LogP contribution in [0.15, 0.2) is 0 Å². The lowest BCUT2D eigenvalue weighted by atomic mass is 9.88. The molecule has 1 saturated heterocycles. The molecule has 0 spiro atoms. The number of nitrogens with one attached hydrogen (secondary N) is 1. The first-order chi connectivity index (χ1) is 10.4.